The molecule has 1 aromatic rings. The minimum atomic E-state index is -0.909. The fourth-order valence-corrected chi connectivity index (χ4v) is 2.27. The molecule has 4 nitrogen and oxygen atoms in total. The first-order valence-electron chi connectivity index (χ1n) is 11.1. The van der Waals surface area contributed by atoms with Gasteiger partial charge in [0.25, 0.3) is 0 Å². The molecule has 8 heteroatoms. The predicted molar refractivity (Wildman–Crippen MR) is 133 cm³/mol. The van der Waals surface area contributed by atoms with Gasteiger partial charge in [-0.3, -0.25) is 0 Å². The van der Waals surface area contributed by atoms with Gasteiger partial charge < -0.3 is 20.1 Å². The molecule has 0 saturated carbocycles. The van der Waals surface area contributed by atoms with Gasteiger partial charge in [-0.2, -0.15) is 0 Å². The second kappa shape index (κ2) is 33.5. The Hall–Kier alpha value is 0.320. The summed E-state index contributed by atoms with van der Waals surface area (Å²) >= 11 is 14.4. The molecule has 32 heavy (non-hydrogen) atoms. The topological polar surface area (TPSA) is 80.6 Å². The van der Waals surface area contributed by atoms with Gasteiger partial charge in [0.15, 0.2) is 4.30 Å². The number of carboxylic acids is 1. The molecule has 184 valence electrons. The Morgan fingerprint density at radius 1 is 0.906 bits per heavy atom. The number of benzene rings is 1. The first-order valence-corrected chi connectivity index (χ1v) is 12.4. The Morgan fingerprint density at radius 3 is 1.56 bits per heavy atom. The number of aliphatic hydroxyl groups excluding tert-OH is 1. The fourth-order valence-electron chi connectivity index (χ4n) is 2.27. The first-order chi connectivity index (χ1) is 14.7. The van der Waals surface area contributed by atoms with Crippen molar-refractivity contribution in [1.29, 1.82) is 0 Å². The third kappa shape index (κ3) is 52.3. The largest absolute Gasteiger partial charge is 1.00 e. The molecular formula is C24H42Cl3NaO4. The molecule has 0 radical (unpaired) electrons. The summed E-state index contributed by atoms with van der Waals surface area (Å²) in [4.78, 5) is 10.1. The number of aliphatic carboxylic acids is 1. The van der Waals surface area contributed by atoms with Gasteiger partial charge >= 0.3 is 29.6 Å². The van der Waals surface area contributed by atoms with Crippen LogP contribution in [0.4, 0.5) is 0 Å². The van der Waals surface area contributed by atoms with Crippen molar-refractivity contribution in [3.05, 3.63) is 30.3 Å². The summed E-state index contributed by atoms with van der Waals surface area (Å²) in [5.74, 6) is 0.0606. The van der Waals surface area contributed by atoms with E-state index in [1.54, 1.807) is 24.3 Å². The van der Waals surface area contributed by atoms with E-state index in [1.807, 2.05) is 6.07 Å². The molecule has 0 unspecified atom stereocenters. The van der Waals surface area contributed by atoms with Crippen LogP contribution in [0.15, 0.2) is 30.3 Å². The zero-order chi connectivity index (χ0) is 24.3. The summed E-state index contributed by atoms with van der Waals surface area (Å²) in [6, 6.07) is 8.71. The van der Waals surface area contributed by atoms with Crippen LogP contribution in [-0.2, 0) is 4.79 Å². The van der Waals surface area contributed by atoms with Crippen molar-refractivity contribution < 1.29 is 49.7 Å². The van der Waals surface area contributed by atoms with E-state index >= 15 is 0 Å². The van der Waals surface area contributed by atoms with E-state index in [-0.39, 0.29) is 36.0 Å². The number of alkyl halides is 3. The molecule has 0 aliphatic carbocycles. The molecule has 0 saturated heterocycles. The van der Waals surface area contributed by atoms with Crippen molar-refractivity contribution in [2.24, 2.45) is 5.92 Å². The number of phenols is 1. The molecule has 0 heterocycles. The third-order valence-electron chi connectivity index (χ3n) is 3.95. The van der Waals surface area contributed by atoms with Crippen LogP contribution < -0.4 is 34.7 Å². The van der Waals surface area contributed by atoms with E-state index in [1.165, 1.54) is 44.9 Å². The molecule has 0 spiro atoms. The van der Waals surface area contributed by atoms with Gasteiger partial charge in [-0.05, 0) is 37.3 Å². The van der Waals surface area contributed by atoms with E-state index in [0.29, 0.717) is 18.3 Å². The SMILES string of the molecule is CC(C)CCO.CCCCCCCCCCCC(=O)[O-].ClC(Cl)Cl.Oc1ccccc1.[Na+]. The average molecular weight is 524 g/mol. The molecule has 2 N–H and O–H groups in total. The molecule has 0 atom stereocenters. The maximum atomic E-state index is 10.1. The number of rotatable bonds is 12. The van der Waals surface area contributed by atoms with Crippen molar-refractivity contribution in [2.75, 3.05) is 6.61 Å². The van der Waals surface area contributed by atoms with Crippen molar-refractivity contribution >= 4 is 40.8 Å². The molecule has 1 aromatic carbocycles. The smallest absolute Gasteiger partial charge is 0.550 e. The van der Waals surface area contributed by atoms with Crippen LogP contribution in [0.2, 0.25) is 0 Å². The molecule has 0 aliphatic heterocycles. The number of unbranched alkanes of at least 4 members (excludes halogenated alkanes) is 8. The van der Waals surface area contributed by atoms with E-state index in [0.717, 1.165) is 19.3 Å². The van der Waals surface area contributed by atoms with E-state index in [9.17, 15) is 9.90 Å². The standard InChI is InChI=1S/C12H24O2.C6H6O.C5H12O.CHCl3.Na/c1-2-3-4-5-6-7-8-9-10-11-12(13)14;7-6-4-2-1-3-5-6;1-5(2)3-4-6;2-1(3)4;/h2-11H2,1H3,(H,13,14);1-5,7H;5-6H,3-4H2,1-2H3;1H;/q;;;;+1/p-1. The Kier molecular flexibility index (Phi) is 41.4. The van der Waals surface area contributed by atoms with Crippen LogP contribution in [0.25, 0.3) is 0 Å². The summed E-state index contributed by atoms with van der Waals surface area (Å²) in [6.45, 7) is 6.74. The summed E-state index contributed by atoms with van der Waals surface area (Å²) in [5, 5.41) is 27.0. The van der Waals surface area contributed by atoms with Crippen molar-refractivity contribution in [1.82, 2.24) is 0 Å². The van der Waals surface area contributed by atoms with Gasteiger partial charge in [-0.25, -0.2) is 0 Å². The number of halogens is 3. The number of hydrogen-bond donors (Lipinski definition) is 2. The molecule has 0 fully saturated rings. The van der Waals surface area contributed by atoms with Crippen LogP contribution in [0.3, 0.4) is 0 Å². The molecule has 0 bridgehead atoms. The number of para-hydroxylation sites is 1. The third-order valence-corrected chi connectivity index (χ3v) is 3.95. The Labute approximate surface area is 233 Å². The van der Waals surface area contributed by atoms with Crippen LogP contribution >= 0.6 is 34.8 Å². The molecule has 0 aliphatic rings. The minimum absolute atomic E-state index is 0. The van der Waals surface area contributed by atoms with E-state index in [4.69, 9.17) is 45.0 Å². The summed E-state index contributed by atoms with van der Waals surface area (Å²) < 4.78 is -0.750. The monoisotopic (exact) mass is 522 g/mol. The van der Waals surface area contributed by atoms with Gasteiger partial charge in [-0.15, -0.1) is 0 Å². The number of carboxylic acid groups (broad SMARTS) is 1. The second-order valence-corrected chi connectivity index (χ2v) is 9.42. The van der Waals surface area contributed by atoms with Crippen molar-refractivity contribution in [3.63, 3.8) is 0 Å². The Bertz CT molecular complexity index is 461. The summed E-state index contributed by atoms with van der Waals surface area (Å²) in [7, 11) is 0. The van der Waals surface area contributed by atoms with E-state index in [2.05, 4.69) is 20.8 Å². The van der Waals surface area contributed by atoms with Crippen molar-refractivity contribution in [2.45, 2.75) is 95.7 Å². The second-order valence-electron chi connectivity index (χ2n) is 7.44. The van der Waals surface area contributed by atoms with Gasteiger partial charge in [0, 0.05) is 12.6 Å². The van der Waals surface area contributed by atoms with Gasteiger partial charge in [0.2, 0.25) is 0 Å². The maximum absolute atomic E-state index is 10.1. The number of hydrogen-bond acceptors (Lipinski definition) is 4. The molecular weight excluding hydrogens is 482 g/mol. The number of carbonyl (C=O) groups is 1. The molecule has 1 rings (SSSR count). The zero-order valence-corrected chi connectivity index (χ0v) is 24.6. The maximum Gasteiger partial charge on any atom is 1.00 e. The first kappa shape index (κ1) is 39.5. The van der Waals surface area contributed by atoms with Gasteiger partial charge in [-0.1, -0.05) is 125 Å². The predicted octanol–water partition coefficient (Wildman–Crippen LogP) is 4.06. The normalized spacial score (nSPS) is 9.41. The Balaban J connectivity index is -0.000000182. The number of aromatic hydroxyl groups is 1. The van der Waals surface area contributed by atoms with Crippen LogP contribution in [0.5, 0.6) is 5.75 Å². The molecule has 0 amide bonds. The fraction of sp³-hybridized carbons (Fsp3) is 0.708. The summed E-state index contributed by atoms with van der Waals surface area (Å²) in [5.41, 5.74) is 0. The van der Waals surface area contributed by atoms with Crippen LogP contribution in [0.1, 0.15) is 91.4 Å². The summed E-state index contributed by atoms with van der Waals surface area (Å²) in [6.07, 6.45) is 12.1. The van der Waals surface area contributed by atoms with Crippen molar-refractivity contribution in [3.8, 4) is 5.75 Å². The quantitative estimate of drug-likeness (QED) is 0.246. The molecule has 0 aromatic heterocycles. The average Bonchev–Trinajstić information content (AvgIpc) is 2.67. The van der Waals surface area contributed by atoms with Gasteiger partial charge in [0.05, 0.1) is 0 Å². The number of carbonyl (C=O) groups excluding carboxylic acids is 1. The number of aliphatic hydroxyl groups is 1. The van der Waals surface area contributed by atoms with Gasteiger partial charge in [0.1, 0.15) is 5.75 Å². The van der Waals surface area contributed by atoms with E-state index < -0.39 is 10.3 Å². The Morgan fingerprint density at radius 2 is 1.31 bits per heavy atom. The zero-order valence-electron chi connectivity index (χ0n) is 20.4. The minimum Gasteiger partial charge on any atom is -0.550 e. The van der Waals surface area contributed by atoms with Crippen LogP contribution in [0, 0.1) is 5.92 Å². The van der Waals surface area contributed by atoms with Crippen LogP contribution in [-0.4, -0.2) is 27.1 Å². The number of phenolic OH excluding ortho intramolecular Hbond substituents is 1.